The Kier molecular flexibility index (Phi) is 5.97. The number of anilines is 1. The van der Waals surface area contributed by atoms with Crippen molar-refractivity contribution < 1.29 is 8.42 Å². The van der Waals surface area contributed by atoms with E-state index >= 15 is 0 Å². The molecule has 7 nitrogen and oxygen atoms in total. The number of nitrogens with zero attached hydrogens (tertiary/aromatic N) is 4. The minimum absolute atomic E-state index is 0.0129. The Hall–Kier alpha value is -2.10. The molecule has 2 aromatic heterocycles. The van der Waals surface area contributed by atoms with Gasteiger partial charge < -0.3 is 0 Å². The molecule has 0 fully saturated rings. The number of rotatable bonds is 6. The van der Waals surface area contributed by atoms with E-state index < -0.39 is 10.0 Å². The van der Waals surface area contributed by atoms with Crippen LogP contribution in [-0.2, 0) is 17.1 Å². The smallest absolute Gasteiger partial charge is 0.256 e. The number of aryl methyl sites for hydroxylation is 1. The third-order valence-electron chi connectivity index (χ3n) is 4.12. The second kappa shape index (κ2) is 8.10. The van der Waals surface area contributed by atoms with Gasteiger partial charge in [-0.05, 0) is 23.8 Å². The van der Waals surface area contributed by atoms with E-state index in [1.54, 1.807) is 7.05 Å². The lowest BCUT2D eigenvalue weighted by molar-refractivity contribution is 0.600. The van der Waals surface area contributed by atoms with Crippen LogP contribution in [0.15, 0.2) is 46.5 Å². The molecule has 148 valence electrons. The van der Waals surface area contributed by atoms with Gasteiger partial charge in [-0.25, -0.2) is 23.1 Å². The Balaban J connectivity index is 2.07. The number of sulfonamides is 1. The van der Waals surface area contributed by atoms with E-state index in [-0.39, 0.29) is 16.0 Å². The fourth-order valence-corrected chi connectivity index (χ4v) is 4.49. The van der Waals surface area contributed by atoms with Crippen molar-refractivity contribution in [2.45, 2.75) is 29.7 Å². The summed E-state index contributed by atoms with van der Waals surface area (Å²) < 4.78 is 29.1. The van der Waals surface area contributed by atoms with Gasteiger partial charge in [-0.15, -0.1) is 11.8 Å². The molecule has 0 aliphatic rings. The van der Waals surface area contributed by atoms with Gasteiger partial charge in [-0.2, -0.15) is 5.10 Å². The van der Waals surface area contributed by atoms with E-state index in [9.17, 15) is 8.42 Å². The van der Waals surface area contributed by atoms with Crippen molar-refractivity contribution in [3.05, 3.63) is 47.2 Å². The first kappa shape index (κ1) is 20.6. The number of hydrogen-bond acceptors (Lipinski definition) is 6. The van der Waals surface area contributed by atoms with Crippen LogP contribution in [0.3, 0.4) is 0 Å². The SMILES string of the molecule is CSc1cc(-c2ccccc2C(C)C)nc(NS(=O)(=O)c2cnn(C)c2Cl)n1. The molecule has 1 aromatic carbocycles. The lowest BCUT2D eigenvalue weighted by Gasteiger charge is -2.14. The van der Waals surface area contributed by atoms with Crippen LogP contribution < -0.4 is 4.72 Å². The number of nitrogens with one attached hydrogen (secondary N) is 1. The van der Waals surface area contributed by atoms with Crippen LogP contribution in [0.1, 0.15) is 25.3 Å². The predicted octanol–water partition coefficient (Wildman–Crippen LogP) is 4.18. The lowest BCUT2D eigenvalue weighted by atomic mass is 9.95. The Morgan fingerprint density at radius 1 is 1.21 bits per heavy atom. The minimum Gasteiger partial charge on any atom is -0.256 e. The van der Waals surface area contributed by atoms with Crippen LogP contribution in [0.25, 0.3) is 11.3 Å². The Bertz CT molecular complexity index is 1110. The lowest BCUT2D eigenvalue weighted by Crippen LogP contribution is -2.15. The van der Waals surface area contributed by atoms with Crippen LogP contribution in [0.5, 0.6) is 0 Å². The summed E-state index contributed by atoms with van der Waals surface area (Å²) in [6.45, 7) is 4.20. The van der Waals surface area contributed by atoms with Gasteiger partial charge in [-0.1, -0.05) is 49.7 Å². The molecule has 2 heterocycles. The maximum atomic E-state index is 12.7. The standard InChI is InChI=1S/C18H20ClN5O2S2/c1-11(2)12-7-5-6-8-13(12)14-9-16(27-4)22-18(21-14)23-28(25,26)15-10-20-24(3)17(15)19/h5-11H,1-4H3,(H,21,22,23). The zero-order valence-electron chi connectivity index (χ0n) is 15.8. The molecule has 0 spiro atoms. The summed E-state index contributed by atoms with van der Waals surface area (Å²) in [4.78, 5) is 8.62. The first-order chi connectivity index (χ1) is 13.2. The molecule has 10 heteroatoms. The predicted molar refractivity (Wildman–Crippen MR) is 112 cm³/mol. The highest BCUT2D eigenvalue weighted by molar-refractivity contribution is 7.98. The molecule has 0 radical (unpaired) electrons. The number of benzene rings is 1. The molecule has 3 aromatic rings. The zero-order chi connectivity index (χ0) is 20.5. The van der Waals surface area contributed by atoms with Crippen LogP contribution in [0, 0.1) is 0 Å². The third-order valence-corrected chi connectivity index (χ3v) is 6.64. The van der Waals surface area contributed by atoms with Gasteiger partial charge >= 0.3 is 0 Å². The molecule has 0 bridgehead atoms. The van der Waals surface area contributed by atoms with Gasteiger partial charge in [0.2, 0.25) is 5.95 Å². The van der Waals surface area contributed by atoms with Crippen LogP contribution in [0.2, 0.25) is 5.15 Å². The molecule has 0 aliphatic heterocycles. The summed E-state index contributed by atoms with van der Waals surface area (Å²) in [5.74, 6) is 0.276. The highest BCUT2D eigenvalue weighted by Gasteiger charge is 2.23. The number of thioether (sulfide) groups is 1. The average Bonchev–Trinajstić information content (AvgIpc) is 3.00. The summed E-state index contributed by atoms with van der Waals surface area (Å²) in [7, 11) is -2.41. The fraction of sp³-hybridized carbons (Fsp3) is 0.278. The van der Waals surface area contributed by atoms with Crippen molar-refractivity contribution in [3.8, 4) is 11.3 Å². The van der Waals surface area contributed by atoms with Gasteiger partial charge in [-0.3, -0.25) is 4.68 Å². The maximum Gasteiger partial charge on any atom is 0.268 e. The Morgan fingerprint density at radius 3 is 2.54 bits per heavy atom. The molecule has 0 atom stereocenters. The number of halogens is 1. The molecular weight excluding hydrogens is 418 g/mol. The third kappa shape index (κ3) is 4.16. The van der Waals surface area contributed by atoms with Gasteiger partial charge in [0.15, 0.2) is 0 Å². The second-order valence-electron chi connectivity index (χ2n) is 6.39. The van der Waals surface area contributed by atoms with Crippen LogP contribution in [-0.4, -0.2) is 34.4 Å². The molecule has 0 saturated heterocycles. The summed E-state index contributed by atoms with van der Waals surface area (Å²) in [6.07, 6.45) is 3.06. The molecule has 0 aliphatic carbocycles. The molecule has 28 heavy (non-hydrogen) atoms. The normalized spacial score (nSPS) is 11.8. The largest absolute Gasteiger partial charge is 0.268 e. The van der Waals surface area contributed by atoms with Gasteiger partial charge in [0, 0.05) is 12.6 Å². The number of hydrogen-bond donors (Lipinski definition) is 1. The fourth-order valence-electron chi connectivity index (χ4n) is 2.70. The van der Waals surface area contributed by atoms with Crippen LogP contribution in [0.4, 0.5) is 5.95 Å². The molecule has 0 amide bonds. The van der Waals surface area contributed by atoms with Crippen molar-refractivity contribution in [1.29, 1.82) is 0 Å². The van der Waals surface area contributed by atoms with E-state index in [2.05, 4.69) is 33.6 Å². The Morgan fingerprint density at radius 2 is 1.93 bits per heavy atom. The van der Waals surface area contributed by atoms with Gasteiger partial charge in [0.25, 0.3) is 10.0 Å². The summed E-state index contributed by atoms with van der Waals surface area (Å²) in [5.41, 5.74) is 2.71. The van der Waals surface area contributed by atoms with Crippen molar-refractivity contribution in [1.82, 2.24) is 19.7 Å². The molecule has 0 unspecified atom stereocenters. The van der Waals surface area contributed by atoms with Crippen LogP contribution >= 0.6 is 23.4 Å². The monoisotopic (exact) mass is 437 g/mol. The maximum absolute atomic E-state index is 12.7. The first-order valence-electron chi connectivity index (χ1n) is 8.45. The quantitative estimate of drug-likeness (QED) is 0.459. The van der Waals surface area contributed by atoms with Gasteiger partial charge in [0.1, 0.15) is 15.1 Å². The summed E-state index contributed by atoms with van der Waals surface area (Å²) >= 11 is 7.44. The van der Waals surface area contributed by atoms with E-state index in [1.165, 1.54) is 22.6 Å². The van der Waals surface area contributed by atoms with E-state index in [4.69, 9.17) is 11.6 Å². The van der Waals surface area contributed by atoms with Crippen molar-refractivity contribution in [2.24, 2.45) is 7.05 Å². The first-order valence-corrected chi connectivity index (χ1v) is 11.5. The highest BCUT2D eigenvalue weighted by Crippen LogP contribution is 2.31. The average molecular weight is 438 g/mol. The van der Waals surface area contributed by atoms with E-state index in [1.807, 2.05) is 36.6 Å². The summed E-state index contributed by atoms with van der Waals surface area (Å²) in [6, 6.07) is 9.77. The zero-order valence-corrected chi connectivity index (χ0v) is 18.2. The minimum atomic E-state index is -3.97. The molecule has 1 N–H and O–H groups in total. The molecule has 0 saturated carbocycles. The van der Waals surface area contributed by atoms with Crippen molar-refractivity contribution >= 4 is 39.3 Å². The van der Waals surface area contributed by atoms with E-state index in [0.29, 0.717) is 16.6 Å². The second-order valence-corrected chi connectivity index (χ2v) is 9.23. The topological polar surface area (TPSA) is 89.8 Å². The summed E-state index contributed by atoms with van der Waals surface area (Å²) in [5, 5.41) is 4.54. The van der Waals surface area contributed by atoms with Crippen molar-refractivity contribution in [3.63, 3.8) is 0 Å². The van der Waals surface area contributed by atoms with Gasteiger partial charge in [0.05, 0.1) is 11.9 Å². The highest BCUT2D eigenvalue weighted by atomic mass is 35.5. The van der Waals surface area contributed by atoms with Crippen molar-refractivity contribution in [2.75, 3.05) is 11.0 Å². The molecular formula is C18H20ClN5O2S2. The Labute approximate surface area is 173 Å². The number of aromatic nitrogens is 4. The van der Waals surface area contributed by atoms with E-state index in [0.717, 1.165) is 11.1 Å². The molecule has 3 rings (SSSR count).